The molecule has 1 aromatic carbocycles. The fourth-order valence-corrected chi connectivity index (χ4v) is 3.17. The molecule has 1 N–H and O–H groups in total. The molecule has 0 unspecified atom stereocenters. The lowest BCUT2D eigenvalue weighted by molar-refractivity contribution is 0.241. The monoisotopic (exact) mass is 335 g/mol. The van der Waals surface area contributed by atoms with E-state index in [2.05, 4.69) is 9.97 Å². The fraction of sp³-hybridized carbons (Fsp3) is 0.250. The summed E-state index contributed by atoms with van der Waals surface area (Å²) < 4.78 is 27.8. The summed E-state index contributed by atoms with van der Waals surface area (Å²) >= 11 is 1.34. The number of thiophene rings is 1. The van der Waals surface area contributed by atoms with Crippen LogP contribution in [0.25, 0.3) is 10.2 Å². The van der Waals surface area contributed by atoms with E-state index >= 15 is 0 Å². The van der Waals surface area contributed by atoms with Gasteiger partial charge in [-0.25, -0.2) is 13.8 Å². The molecule has 3 aromatic rings. The number of halogens is 2. The van der Waals surface area contributed by atoms with Crippen LogP contribution in [-0.2, 0) is 6.54 Å². The topological polar surface area (TPSA) is 49.0 Å². The van der Waals surface area contributed by atoms with Gasteiger partial charge in [-0.05, 0) is 43.6 Å². The zero-order valence-electron chi connectivity index (χ0n) is 12.6. The van der Waals surface area contributed by atoms with Crippen LogP contribution in [0.2, 0.25) is 0 Å². The highest BCUT2D eigenvalue weighted by molar-refractivity contribution is 7.17. The number of aromatic amines is 1. The number of hydrogen-bond acceptors (Lipinski definition) is 4. The molecule has 1 atom stereocenters. The second kappa shape index (κ2) is 6.17. The number of nitrogens with one attached hydrogen (secondary N) is 1. The van der Waals surface area contributed by atoms with Crippen molar-refractivity contribution in [3.8, 4) is 0 Å². The first-order valence-corrected chi connectivity index (χ1v) is 7.95. The minimum absolute atomic E-state index is 0.182. The van der Waals surface area contributed by atoms with Crippen LogP contribution >= 0.6 is 11.3 Å². The molecular formula is C16H15F2N3OS. The Morgan fingerprint density at radius 2 is 2.13 bits per heavy atom. The highest BCUT2D eigenvalue weighted by atomic mass is 32.1. The molecular weight excluding hydrogens is 320 g/mol. The van der Waals surface area contributed by atoms with Gasteiger partial charge in [0.2, 0.25) is 0 Å². The van der Waals surface area contributed by atoms with E-state index in [9.17, 15) is 13.6 Å². The summed E-state index contributed by atoms with van der Waals surface area (Å²) in [5, 5.41) is 1.81. The summed E-state index contributed by atoms with van der Waals surface area (Å²) in [5.74, 6) is -0.444. The van der Waals surface area contributed by atoms with Gasteiger partial charge >= 0.3 is 0 Å². The average molecular weight is 335 g/mol. The molecule has 4 nitrogen and oxygen atoms in total. The van der Waals surface area contributed by atoms with E-state index in [1.54, 1.807) is 24.9 Å². The minimum Gasteiger partial charge on any atom is -0.308 e. The van der Waals surface area contributed by atoms with Crippen molar-refractivity contribution in [2.24, 2.45) is 0 Å². The maximum Gasteiger partial charge on any atom is 0.268 e. The molecule has 23 heavy (non-hydrogen) atoms. The standard InChI is InChI=1S/C16H15F2N3OS/c1-9(11-7-10(17)3-4-12(11)18)21(2)8-14-19-13-5-6-23-15(13)16(22)20-14/h3-7,9H,8H2,1-2H3,(H,19,20,22)/t9-/m1/s1. The van der Waals surface area contributed by atoms with Crippen LogP contribution in [0.3, 0.4) is 0 Å². The van der Waals surface area contributed by atoms with Crippen molar-refractivity contribution in [3.63, 3.8) is 0 Å². The summed E-state index contributed by atoms with van der Waals surface area (Å²) in [5.41, 5.74) is 0.733. The van der Waals surface area contributed by atoms with E-state index < -0.39 is 11.6 Å². The first-order chi connectivity index (χ1) is 11.0. The number of rotatable bonds is 4. The summed E-state index contributed by atoms with van der Waals surface area (Å²) in [6.07, 6.45) is 0. The van der Waals surface area contributed by atoms with Crippen LogP contribution in [-0.4, -0.2) is 21.9 Å². The smallest absolute Gasteiger partial charge is 0.268 e. The molecule has 120 valence electrons. The molecule has 0 aliphatic rings. The third-order valence-electron chi connectivity index (χ3n) is 3.83. The second-order valence-electron chi connectivity index (χ2n) is 5.40. The van der Waals surface area contributed by atoms with Crippen molar-refractivity contribution in [1.29, 1.82) is 0 Å². The third-order valence-corrected chi connectivity index (χ3v) is 4.73. The molecule has 7 heteroatoms. The molecule has 0 bridgehead atoms. The van der Waals surface area contributed by atoms with Crippen LogP contribution in [0.1, 0.15) is 24.4 Å². The van der Waals surface area contributed by atoms with E-state index in [4.69, 9.17) is 0 Å². The van der Waals surface area contributed by atoms with Crippen LogP contribution in [0.15, 0.2) is 34.4 Å². The number of H-pyrrole nitrogens is 1. The van der Waals surface area contributed by atoms with Gasteiger partial charge in [-0.2, -0.15) is 0 Å². The normalized spacial score (nSPS) is 12.9. The fourth-order valence-electron chi connectivity index (χ4n) is 2.44. The molecule has 0 fully saturated rings. The van der Waals surface area contributed by atoms with Crippen LogP contribution in [0.4, 0.5) is 8.78 Å². The highest BCUT2D eigenvalue weighted by Crippen LogP contribution is 2.24. The molecule has 2 heterocycles. The summed E-state index contributed by atoms with van der Waals surface area (Å²) in [4.78, 5) is 20.9. The predicted molar refractivity (Wildman–Crippen MR) is 86.5 cm³/mol. The first kappa shape index (κ1) is 15.8. The molecule has 0 amide bonds. The largest absolute Gasteiger partial charge is 0.308 e. The van der Waals surface area contributed by atoms with Crippen molar-refractivity contribution in [2.75, 3.05) is 7.05 Å². The second-order valence-corrected chi connectivity index (χ2v) is 6.32. The van der Waals surface area contributed by atoms with Gasteiger partial charge in [0.1, 0.15) is 22.2 Å². The number of benzene rings is 1. The maximum absolute atomic E-state index is 13.9. The number of hydrogen-bond donors (Lipinski definition) is 1. The molecule has 0 aliphatic carbocycles. The Morgan fingerprint density at radius 3 is 2.91 bits per heavy atom. The van der Waals surface area contributed by atoms with E-state index in [-0.39, 0.29) is 17.2 Å². The van der Waals surface area contributed by atoms with Gasteiger partial charge in [0.05, 0.1) is 12.1 Å². The highest BCUT2D eigenvalue weighted by Gasteiger charge is 2.18. The van der Waals surface area contributed by atoms with Crippen molar-refractivity contribution in [2.45, 2.75) is 19.5 Å². The predicted octanol–water partition coefficient (Wildman–Crippen LogP) is 3.46. The Hall–Kier alpha value is -2.12. The average Bonchev–Trinajstić information content (AvgIpc) is 2.98. The van der Waals surface area contributed by atoms with Gasteiger partial charge in [0.25, 0.3) is 5.56 Å². The Labute approximate surface area is 135 Å². The van der Waals surface area contributed by atoms with E-state index in [0.29, 0.717) is 22.6 Å². The lowest BCUT2D eigenvalue weighted by Crippen LogP contribution is -2.25. The van der Waals surface area contributed by atoms with Gasteiger partial charge in [0.15, 0.2) is 0 Å². The Balaban J connectivity index is 1.86. The lowest BCUT2D eigenvalue weighted by atomic mass is 10.1. The minimum atomic E-state index is -0.479. The van der Waals surface area contributed by atoms with E-state index in [0.717, 1.165) is 12.1 Å². The number of fused-ring (bicyclic) bond motifs is 1. The SMILES string of the molecule is C[C@H](c1cc(F)ccc1F)N(C)Cc1nc2ccsc2c(=O)[nH]1. The van der Waals surface area contributed by atoms with Crippen LogP contribution in [0.5, 0.6) is 0 Å². The first-order valence-electron chi connectivity index (χ1n) is 7.07. The molecule has 0 radical (unpaired) electrons. The van der Waals surface area contributed by atoms with E-state index in [1.165, 1.54) is 17.4 Å². The Kier molecular flexibility index (Phi) is 4.23. The zero-order chi connectivity index (χ0) is 16.6. The maximum atomic E-state index is 13.9. The van der Waals surface area contributed by atoms with Gasteiger partial charge < -0.3 is 4.98 Å². The Bertz CT molecular complexity index is 906. The van der Waals surface area contributed by atoms with Crippen molar-refractivity contribution in [1.82, 2.24) is 14.9 Å². The van der Waals surface area contributed by atoms with Crippen LogP contribution < -0.4 is 5.56 Å². The lowest BCUT2D eigenvalue weighted by Gasteiger charge is -2.24. The molecule has 0 saturated carbocycles. The van der Waals surface area contributed by atoms with Gasteiger partial charge in [-0.15, -0.1) is 11.3 Å². The summed E-state index contributed by atoms with van der Waals surface area (Å²) in [6, 6.07) is 4.82. The van der Waals surface area contributed by atoms with Crippen molar-refractivity contribution >= 4 is 21.6 Å². The quantitative estimate of drug-likeness (QED) is 0.794. The Morgan fingerprint density at radius 1 is 1.35 bits per heavy atom. The molecule has 3 rings (SSSR count). The third kappa shape index (κ3) is 3.16. The summed E-state index contributed by atoms with van der Waals surface area (Å²) in [7, 11) is 1.77. The molecule has 0 saturated heterocycles. The number of nitrogens with zero attached hydrogens (tertiary/aromatic N) is 2. The molecule has 0 aliphatic heterocycles. The molecule has 2 aromatic heterocycles. The van der Waals surface area contributed by atoms with Gasteiger partial charge in [-0.3, -0.25) is 9.69 Å². The van der Waals surface area contributed by atoms with Gasteiger partial charge in [0, 0.05) is 11.6 Å². The van der Waals surface area contributed by atoms with E-state index in [1.807, 2.05) is 5.38 Å². The van der Waals surface area contributed by atoms with Crippen molar-refractivity contribution < 1.29 is 8.78 Å². The summed E-state index contributed by atoms with van der Waals surface area (Å²) in [6.45, 7) is 2.09. The molecule has 0 spiro atoms. The van der Waals surface area contributed by atoms with Crippen molar-refractivity contribution in [3.05, 3.63) is 63.0 Å². The van der Waals surface area contributed by atoms with Crippen LogP contribution in [0, 0.1) is 11.6 Å². The van der Waals surface area contributed by atoms with Gasteiger partial charge in [-0.1, -0.05) is 0 Å². The zero-order valence-corrected chi connectivity index (χ0v) is 13.5. The number of aromatic nitrogens is 2.